The van der Waals surface area contributed by atoms with Crippen LogP contribution in [0.4, 0.5) is 0 Å². The minimum absolute atomic E-state index is 0.136. The molecule has 1 aromatic carbocycles. The average molecular weight is 271 g/mol. The van der Waals surface area contributed by atoms with Crippen molar-refractivity contribution in [3.05, 3.63) is 42.0 Å². The predicted octanol–water partition coefficient (Wildman–Crippen LogP) is 2.58. The van der Waals surface area contributed by atoms with E-state index in [2.05, 4.69) is 0 Å². The Balaban J connectivity index is 1.57. The van der Waals surface area contributed by atoms with Gasteiger partial charge in [0.1, 0.15) is 0 Å². The molecule has 0 aromatic heterocycles. The average Bonchev–Trinajstić information content (AvgIpc) is 3.04. The molecular weight excluding hydrogens is 250 g/mol. The van der Waals surface area contributed by atoms with E-state index in [1.807, 2.05) is 41.3 Å². The summed E-state index contributed by atoms with van der Waals surface area (Å²) in [5.74, 6) is 1.40. The molecule has 1 aliphatic carbocycles. The number of rotatable bonds is 3. The molecule has 0 bridgehead atoms. The highest BCUT2D eigenvalue weighted by atomic mass is 16.5. The van der Waals surface area contributed by atoms with Crippen molar-refractivity contribution in [3.8, 4) is 0 Å². The Morgan fingerprint density at radius 3 is 2.45 bits per heavy atom. The molecule has 1 amide bonds. The Kier molecular flexibility index (Phi) is 3.88. The van der Waals surface area contributed by atoms with Gasteiger partial charge in [-0.2, -0.15) is 0 Å². The second-order valence-corrected chi connectivity index (χ2v) is 5.84. The van der Waals surface area contributed by atoms with Crippen LogP contribution < -0.4 is 0 Å². The van der Waals surface area contributed by atoms with Crippen molar-refractivity contribution in [1.29, 1.82) is 0 Å². The lowest BCUT2D eigenvalue weighted by atomic mass is 10.0. The van der Waals surface area contributed by atoms with Crippen LogP contribution in [0.5, 0.6) is 0 Å². The number of hydrogen-bond donors (Lipinski definition) is 0. The van der Waals surface area contributed by atoms with Gasteiger partial charge in [0, 0.05) is 26.3 Å². The summed E-state index contributed by atoms with van der Waals surface area (Å²) < 4.78 is 5.43. The van der Waals surface area contributed by atoms with Gasteiger partial charge >= 0.3 is 0 Å². The van der Waals surface area contributed by atoms with Crippen molar-refractivity contribution in [2.75, 3.05) is 20.2 Å². The second kappa shape index (κ2) is 5.80. The first kappa shape index (κ1) is 13.4. The smallest absolute Gasteiger partial charge is 0.246 e. The number of methoxy groups -OCH3 is 1. The predicted molar refractivity (Wildman–Crippen MR) is 79.1 cm³/mol. The SMILES string of the molecule is COC1C[C@@H]2CN(C(=O)/C=C/c3ccccc3)C[C@@H]2C1. The fraction of sp³-hybridized carbons (Fsp3) is 0.471. The van der Waals surface area contributed by atoms with Crippen molar-refractivity contribution in [1.82, 2.24) is 4.90 Å². The summed E-state index contributed by atoms with van der Waals surface area (Å²) in [6.45, 7) is 1.78. The standard InChI is InChI=1S/C17H21NO2/c1-20-16-9-14-11-18(12-15(14)10-16)17(19)8-7-13-5-3-2-4-6-13/h2-8,14-16H,9-12H2,1H3/b8-7+/t14-,15+,16?. The number of benzene rings is 1. The lowest BCUT2D eigenvalue weighted by molar-refractivity contribution is -0.125. The molecule has 20 heavy (non-hydrogen) atoms. The van der Waals surface area contributed by atoms with Gasteiger partial charge in [0.2, 0.25) is 5.91 Å². The van der Waals surface area contributed by atoms with Gasteiger partial charge in [-0.3, -0.25) is 4.79 Å². The van der Waals surface area contributed by atoms with Crippen LogP contribution in [0.2, 0.25) is 0 Å². The van der Waals surface area contributed by atoms with Crippen LogP contribution in [-0.2, 0) is 9.53 Å². The van der Waals surface area contributed by atoms with Crippen LogP contribution in [0.15, 0.2) is 36.4 Å². The molecule has 1 unspecified atom stereocenters. The normalized spacial score (nSPS) is 29.1. The van der Waals surface area contributed by atoms with E-state index in [-0.39, 0.29) is 5.91 Å². The molecule has 3 atom stereocenters. The minimum Gasteiger partial charge on any atom is -0.381 e. The van der Waals surface area contributed by atoms with Crippen molar-refractivity contribution in [2.24, 2.45) is 11.8 Å². The zero-order valence-corrected chi connectivity index (χ0v) is 11.9. The third-order valence-electron chi connectivity index (χ3n) is 4.57. The van der Waals surface area contributed by atoms with E-state index < -0.39 is 0 Å². The maximum absolute atomic E-state index is 12.2. The van der Waals surface area contributed by atoms with Gasteiger partial charge in [0.25, 0.3) is 0 Å². The van der Waals surface area contributed by atoms with E-state index in [0.717, 1.165) is 31.5 Å². The fourth-order valence-corrected chi connectivity index (χ4v) is 3.45. The summed E-state index contributed by atoms with van der Waals surface area (Å²) in [4.78, 5) is 14.2. The highest BCUT2D eigenvalue weighted by Crippen LogP contribution is 2.39. The first-order valence-corrected chi connectivity index (χ1v) is 7.31. The lowest BCUT2D eigenvalue weighted by Crippen LogP contribution is -2.28. The topological polar surface area (TPSA) is 29.5 Å². The molecule has 0 N–H and O–H groups in total. The van der Waals surface area contributed by atoms with Gasteiger partial charge in [-0.15, -0.1) is 0 Å². The number of nitrogens with zero attached hydrogens (tertiary/aromatic N) is 1. The van der Waals surface area contributed by atoms with E-state index in [9.17, 15) is 4.79 Å². The van der Waals surface area contributed by atoms with E-state index in [4.69, 9.17) is 4.74 Å². The largest absolute Gasteiger partial charge is 0.381 e. The third-order valence-corrected chi connectivity index (χ3v) is 4.57. The van der Waals surface area contributed by atoms with Gasteiger partial charge in [0.05, 0.1) is 6.10 Å². The van der Waals surface area contributed by atoms with Crippen molar-refractivity contribution in [2.45, 2.75) is 18.9 Å². The summed E-state index contributed by atoms with van der Waals surface area (Å²) in [6.07, 6.45) is 6.21. The second-order valence-electron chi connectivity index (χ2n) is 5.84. The number of likely N-dealkylation sites (tertiary alicyclic amines) is 1. The summed E-state index contributed by atoms with van der Waals surface area (Å²) in [5, 5.41) is 0. The highest BCUT2D eigenvalue weighted by molar-refractivity contribution is 5.92. The van der Waals surface area contributed by atoms with Crippen molar-refractivity contribution < 1.29 is 9.53 Å². The molecule has 106 valence electrons. The summed E-state index contributed by atoms with van der Waals surface area (Å²) in [5.41, 5.74) is 1.07. The number of hydrogen-bond acceptors (Lipinski definition) is 2. The number of amides is 1. The zero-order chi connectivity index (χ0) is 13.9. The Labute approximate surface area is 120 Å². The van der Waals surface area contributed by atoms with Crippen LogP contribution in [0.25, 0.3) is 6.08 Å². The van der Waals surface area contributed by atoms with Crippen molar-refractivity contribution in [3.63, 3.8) is 0 Å². The molecule has 0 spiro atoms. The van der Waals surface area contributed by atoms with E-state index in [1.165, 1.54) is 0 Å². The van der Waals surface area contributed by atoms with Gasteiger partial charge in [0.15, 0.2) is 0 Å². The van der Waals surface area contributed by atoms with Crippen LogP contribution in [0, 0.1) is 11.8 Å². The van der Waals surface area contributed by atoms with Crippen LogP contribution in [-0.4, -0.2) is 37.1 Å². The fourth-order valence-electron chi connectivity index (χ4n) is 3.45. The maximum atomic E-state index is 12.2. The Morgan fingerprint density at radius 1 is 1.20 bits per heavy atom. The number of ether oxygens (including phenoxy) is 1. The van der Waals surface area contributed by atoms with Gasteiger partial charge in [-0.1, -0.05) is 30.3 Å². The first-order chi connectivity index (χ1) is 9.76. The van der Waals surface area contributed by atoms with Gasteiger partial charge in [-0.25, -0.2) is 0 Å². The van der Waals surface area contributed by atoms with Crippen LogP contribution >= 0.6 is 0 Å². The quantitative estimate of drug-likeness (QED) is 0.791. The molecule has 2 fully saturated rings. The third kappa shape index (κ3) is 2.78. The number of carbonyl (C=O) groups is 1. The molecule has 3 nitrogen and oxygen atoms in total. The van der Waals surface area contributed by atoms with E-state index in [1.54, 1.807) is 13.2 Å². The van der Waals surface area contributed by atoms with Gasteiger partial charge in [-0.05, 0) is 36.3 Å². The van der Waals surface area contributed by atoms with Crippen molar-refractivity contribution >= 4 is 12.0 Å². The van der Waals surface area contributed by atoms with Crippen LogP contribution in [0.3, 0.4) is 0 Å². The Morgan fingerprint density at radius 2 is 1.85 bits per heavy atom. The molecule has 0 radical (unpaired) electrons. The molecule has 1 heterocycles. The van der Waals surface area contributed by atoms with E-state index in [0.29, 0.717) is 17.9 Å². The number of carbonyl (C=O) groups excluding carboxylic acids is 1. The first-order valence-electron chi connectivity index (χ1n) is 7.31. The molecular formula is C17H21NO2. The summed E-state index contributed by atoms with van der Waals surface area (Å²) in [6, 6.07) is 9.95. The minimum atomic E-state index is 0.136. The molecule has 3 heteroatoms. The maximum Gasteiger partial charge on any atom is 0.246 e. The molecule has 3 rings (SSSR count). The molecule has 1 saturated heterocycles. The van der Waals surface area contributed by atoms with Crippen LogP contribution in [0.1, 0.15) is 18.4 Å². The lowest BCUT2D eigenvalue weighted by Gasteiger charge is -2.17. The molecule has 1 aromatic rings. The highest BCUT2D eigenvalue weighted by Gasteiger charge is 2.41. The van der Waals surface area contributed by atoms with E-state index >= 15 is 0 Å². The molecule has 1 saturated carbocycles. The molecule has 1 aliphatic heterocycles. The summed E-state index contributed by atoms with van der Waals surface area (Å²) >= 11 is 0. The monoisotopic (exact) mass is 271 g/mol. The molecule has 2 aliphatic rings. The summed E-state index contributed by atoms with van der Waals surface area (Å²) in [7, 11) is 1.79. The Bertz CT molecular complexity index is 483. The Hall–Kier alpha value is -1.61. The zero-order valence-electron chi connectivity index (χ0n) is 11.9. The number of fused-ring (bicyclic) bond motifs is 1. The van der Waals surface area contributed by atoms with Gasteiger partial charge < -0.3 is 9.64 Å².